The fourth-order valence-corrected chi connectivity index (χ4v) is 3.46. The SMILES string of the molecule is CSc1ncccc1C(=O)N1CCCC(Oc2ccnc(C(N)=O)c2)C1. The maximum absolute atomic E-state index is 12.9. The van der Waals surface area contributed by atoms with Gasteiger partial charge in [0.1, 0.15) is 22.6 Å². The van der Waals surface area contributed by atoms with Gasteiger partial charge in [0.2, 0.25) is 0 Å². The van der Waals surface area contributed by atoms with E-state index in [2.05, 4.69) is 9.97 Å². The lowest BCUT2D eigenvalue weighted by atomic mass is 10.1. The summed E-state index contributed by atoms with van der Waals surface area (Å²) in [4.78, 5) is 34.1. The van der Waals surface area contributed by atoms with Crippen LogP contribution in [0.5, 0.6) is 5.75 Å². The Hall–Kier alpha value is -2.61. The van der Waals surface area contributed by atoms with Gasteiger partial charge < -0.3 is 15.4 Å². The fraction of sp³-hybridized carbons (Fsp3) is 0.333. The highest BCUT2D eigenvalue weighted by Gasteiger charge is 2.27. The molecule has 1 saturated heterocycles. The zero-order valence-corrected chi connectivity index (χ0v) is 15.2. The molecule has 0 spiro atoms. The first kappa shape index (κ1) is 18.2. The van der Waals surface area contributed by atoms with E-state index in [0.717, 1.165) is 17.9 Å². The minimum Gasteiger partial charge on any atom is -0.488 e. The molecule has 2 aromatic heterocycles. The highest BCUT2D eigenvalue weighted by Crippen LogP contribution is 2.23. The smallest absolute Gasteiger partial charge is 0.267 e. The Bertz CT molecular complexity index is 815. The molecule has 1 fully saturated rings. The number of nitrogens with zero attached hydrogens (tertiary/aromatic N) is 3. The van der Waals surface area contributed by atoms with Gasteiger partial charge in [-0.1, -0.05) is 0 Å². The van der Waals surface area contributed by atoms with Gasteiger partial charge >= 0.3 is 0 Å². The summed E-state index contributed by atoms with van der Waals surface area (Å²) < 4.78 is 5.96. The summed E-state index contributed by atoms with van der Waals surface area (Å²) >= 11 is 1.45. The standard InChI is InChI=1S/C18H20N4O3S/c1-26-17-14(5-2-7-21-17)18(24)22-9-3-4-13(11-22)25-12-6-8-20-15(10-12)16(19)23/h2,5-8,10,13H,3-4,9,11H2,1H3,(H2,19,23). The summed E-state index contributed by atoms with van der Waals surface area (Å²) in [7, 11) is 0. The molecule has 26 heavy (non-hydrogen) atoms. The molecule has 0 bridgehead atoms. The first-order valence-corrected chi connectivity index (χ1v) is 9.51. The molecule has 3 rings (SSSR count). The molecule has 1 aliphatic heterocycles. The molecule has 3 heterocycles. The number of piperidine rings is 1. The molecule has 2 aromatic rings. The second-order valence-corrected chi connectivity index (χ2v) is 6.73. The molecule has 0 aliphatic carbocycles. The van der Waals surface area contributed by atoms with Gasteiger partial charge in [-0.15, -0.1) is 11.8 Å². The lowest BCUT2D eigenvalue weighted by molar-refractivity contribution is 0.0534. The van der Waals surface area contributed by atoms with Gasteiger partial charge in [0.25, 0.3) is 11.8 Å². The Kier molecular flexibility index (Phi) is 5.72. The highest BCUT2D eigenvalue weighted by atomic mass is 32.2. The van der Waals surface area contributed by atoms with Crippen molar-refractivity contribution < 1.29 is 14.3 Å². The van der Waals surface area contributed by atoms with Crippen LogP contribution in [0.15, 0.2) is 41.7 Å². The topological polar surface area (TPSA) is 98.4 Å². The Morgan fingerprint density at radius 2 is 2.15 bits per heavy atom. The lowest BCUT2D eigenvalue weighted by Crippen LogP contribution is -2.44. The van der Waals surface area contributed by atoms with Crippen LogP contribution < -0.4 is 10.5 Å². The molecular formula is C18H20N4O3S. The summed E-state index contributed by atoms with van der Waals surface area (Å²) in [6.45, 7) is 1.17. The number of amides is 2. The molecule has 2 N–H and O–H groups in total. The van der Waals surface area contributed by atoms with Crippen molar-refractivity contribution in [1.29, 1.82) is 0 Å². The van der Waals surface area contributed by atoms with E-state index < -0.39 is 5.91 Å². The largest absolute Gasteiger partial charge is 0.488 e. The molecule has 1 aliphatic rings. The predicted octanol–water partition coefficient (Wildman–Crippen LogP) is 1.98. The summed E-state index contributed by atoms with van der Waals surface area (Å²) in [6, 6.07) is 6.77. The number of primary amides is 1. The van der Waals surface area contributed by atoms with Crippen molar-refractivity contribution in [2.45, 2.75) is 24.0 Å². The molecule has 1 unspecified atom stereocenters. The summed E-state index contributed by atoms with van der Waals surface area (Å²) in [5.41, 5.74) is 6.02. The number of nitrogens with two attached hydrogens (primary N) is 1. The normalized spacial score (nSPS) is 17.0. The Morgan fingerprint density at radius 3 is 2.92 bits per heavy atom. The van der Waals surface area contributed by atoms with Crippen LogP contribution in [-0.4, -0.2) is 52.1 Å². The van der Waals surface area contributed by atoms with Crippen LogP contribution in [0.3, 0.4) is 0 Å². The number of aromatic nitrogens is 2. The van der Waals surface area contributed by atoms with E-state index in [9.17, 15) is 9.59 Å². The van der Waals surface area contributed by atoms with Gasteiger partial charge in [-0.3, -0.25) is 14.6 Å². The van der Waals surface area contributed by atoms with Crippen LogP contribution in [0.2, 0.25) is 0 Å². The third kappa shape index (κ3) is 4.13. The van der Waals surface area contributed by atoms with Crippen molar-refractivity contribution in [1.82, 2.24) is 14.9 Å². The summed E-state index contributed by atoms with van der Waals surface area (Å²) in [6.07, 6.45) is 6.61. The van der Waals surface area contributed by atoms with E-state index >= 15 is 0 Å². The third-order valence-corrected chi connectivity index (χ3v) is 4.86. The zero-order chi connectivity index (χ0) is 18.5. The first-order valence-electron chi connectivity index (χ1n) is 8.29. The number of ether oxygens (including phenoxy) is 1. The number of carbonyl (C=O) groups is 2. The molecule has 0 aromatic carbocycles. The van der Waals surface area contributed by atoms with Gasteiger partial charge in [0.15, 0.2) is 0 Å². The molecular weight excluding hydrogens is 352 g/mol. The average molecular weight is 372 g/mol. The van der Waals surface area contributed by atoms with Crippen LogP contribution in [0.4, 0.5) is 0 Å². The average Bonchev–Trinajstić information content (AvgIpc) is 2.67. The summed E-state index contributed by atoms with van der Waals surface area (Å²) in [5, 5.41) is 0.723. The predicted molar refractivity (Wildman–Crippen MR) is 98.3 cm³/mol. The first-order chi connectivity index (χ1) is 12.6. The number of hydrogen-bond donors (Lipinski definition) is 1. The number of hydrogen-bond acceptors (Lipinski definition) is 6. The van der Waals surface area contributed by atoms with Crippen LogP contribution in [0.25, 0.3) is 0 Å². The van der Waals surface area contributed by atoms with E-state index in [1.807, 2.05) is 6.26 Å². The van der Waals surface area contributed by atoms with Crippen LogP contribution in [0, 0.1) is 0 Å². The van der Waals surface area contributed by atoms with E-state index in [1.165, 1.54) is 24.0 Å². The van der Waals surface area contributed by atoms with Gasteiger partial charge in [0, 0.05) is 25.0 Å². The number of thioether (sulfide) groups is 1. The molecule has 0 radical (unpaired) electrons. The van der Waals surface area contributed by atoms with E-state index in [-0.39, 0.29) is 17.7 Å². The lowest BCUT2D eigenvalue weighted by Gasteiger charge is -2.33. The highest BCUT2D eigenvalue weighted by molar-refractivity contribution is 7.98. The summed E-state index contributed by atoms with van der Waals surface area (Å²) in [5.74, 6) is -0.111. The molecule has 0 saturated carbocycles. The number of pyridine rings is 2. The quantitative estimate of drug-likeness (QED) is 0.806. The van der Waals surface area contributed by atoms with Gasteiger partial charge in [-0.2, -0.15) is 0 Å². The van der Waals surface area contributed by atoms with Gasteiger partial charge in [0.05, 0.1) is 12.1 Å². The van der Waals surface area contributed by atoms with Gasteiger partial charge in [-0.05, 0) is 37.3 Å². The Morgan fingerprint density at radius 1 is 1.31 bits per heavy atom. The fourth-order valence-electron chi connectivity index (χ4n) is 2.92. The molecule has 1 atom stereocenters. The molecule has 8 heteroatoms. The molecule has 136 valence electrons. The molecule has 2 amide bonds. The maximum Gasteiger partial charge on any atom is 0.267 e. The van der Waals surface area contributed by atoms with E-state index in [0.29, 0.717) is 24.4 Å². The van der Waals surface area contributed by atoms with Crippen LogP contribution >= 0.6 is 11.8 Å². The maximum atomic E-state index is 12.9. The second kappa shape index (κ2) is 8.18. The van der Waals surface area contributed by atoms with Crippen LogP contribution in [-0.2, 0) is 0 Å². The van der Waals surface area contributed by atoms with Crippen molar-refractivity contribution in [3.63, 3.8) is 0 Å². The third-order valence-electron chi connectivity index (χ3n) is 4.15. The van der Waals surface area contributed by atoms with Crippen molar-refractivity contribution >= 4 is 23.6 Å². The van der Waals surface area contributed by atoms with Crippen molar-refractivity contribution in [3.05, 3.63) is 47.9 Å². The van der Waals surface area contributed by atoms with Crippen molar-refractivity contribution in [2.24, 2.45) is 5.73 Å². The Labute approximate surface area is 156 Å². The van der Waals surface area contributed by atoms with Crippen molar-refractivity contribution in [3.8, 4) is 5.75 Å². The molecule has 7 nitrogen and oxygen atoms in total. The monoisotopic (exact) mass is 372 g/mol. The zero-order valence-electron chi connectivity index (χ0n) is 14.4. The number of likely N-dealkylation sites (tertiary alicyclic amines) is 1. The Balaban J connectivity index is 1.70. The van der Waals surface area contributed by atoms with E-state index in [4.69, 9.17) is 10.5 Å². The van der Waals surface area contributed by atoms with Crippen molar-refractivity contribution in [2.75, 3.05) is 19.3 Å². The second-order valence-electron chi connectivity index (χ2n) is 5.93. The number of carbonyl (C=O) groups excluding carboxylic acids is 2. The minimum absolute atomic E-state index is 0.0386. The van der Waals surface area contributed by atoms with Gasteiger partial charge in [-0.25, -0.2) is 4.98 Å². The van der Waals surface area contributed by atoms with Crippen LogP contribution in [0.1, 0.15) is 33.7 Å². The van der Waals surface area contributed by atoms with E-state index in [1.54, 1.807) is 29.3 Å². The minimum atomic E-state index is -0.600. The number of rotatable bonds is 5.